The number of pyridine rings is 1. The highest BCUT2D eigenvalue weighted by Crippen LogP contribution is 2.19. The molecule has 1 rings (SSSR count). The molecule has 1 heterocycles. The largest absolute Gasteiger partial charge is 0.352 e. The van der Waals surface area contributed by atoms with Gasteiger partial charge in [0.05, 0.1) is 0 Å². The summed E-state index contributed by atoms with van der Waals surface area (Å²) in [6.45, 7) is 9.49. The van der Waals surface area contributed by atoms with E-state index in [1.54, 1.807) is 18.3 Å². The zero-order chi connectivity index (χ0) is 13.7. The predicted molar refractivity (Wildman–Crippen MR) is 77.4 cm³/mol. The van der Waals surface area contributed by atoms with Crippen LogP contribution >= 0.6 is 15.9 Å². The molecular formula is C14H21BrN2O. The van der Waals surface area contributed by atoms with E-state index in [-0.39, 0.29) is 5.91 Å². The molecule has 1 amide bonds. The van der Waals surface area contributed by atoms with Crippen molar-refractivity contribution in [2.75, 3.05) is 6.54 Å². The summed E-state index contributed by atoms with van der Waals surface area (Å²) in [4.78, 5) is 16.0. The Morgan fingerprint density at radius 1 is 1.33 bits per heavy atom. The van der Waals surface area contributed by atoms with E-state index < -0.39 is 0 Å². The average Bonchev–Trinajstić information content (AvgIpc) is 2.28. The minimum Gasteiger partial charge on any atom is -0.352 e. The van der Waals surface area contributed by atoms with Crippen molar-refractivity contribution in [1.29, 1.82) is 0 Å². The van der Waals surface area contributed by atoms with Crippen LogP contribution in [0.1, 0.15) is 38.1 Å². The SMILES string of the molecule is CC(C)C(CNC(=O)c1ccnc(Br)c1)C(C)C. The van der Waals surface area contributed by atoms with Crippen molar-refractivity contribution in [3.8, 4) is 0 Å². The van der Waals surface area contributed by atoms with Gasteiger partial charge < -0.3 is 5.32 Å². The molecule has 0 aliphatic carbocycles. The second kappa shape index (κ2) is 6.88. The lowest BCUT2D eigenvalue weighted by Gasteiger charge is -2.25. The molecule has 1 aromatic rings. The van der Waals surface area contributed by atoms with Crippen molar-refractivity contribution in [3.63, 3.8) is 0 Å². The monoisotopic (exact) mass is 312 g/mol. The summed E-state index contributed by atoms with van der Waals surface area (Å²) >= 11 is 3.27. The van der Waals surface area contributed by atoms with Crippen LogP contribution in [0.4, 0.5) is 0 Å². The van der Waals surface area contributed by atoms with Gasteiger partial charge in [-0.15, -0.1) is 0 Å². The van der Waals surface area contributed by atoms with Crippen LogP contribution in [0.2, 0.25) is 0 Å². The third kappa shape index (κ3) is 4.41. The fourth-order valence-electron chi connectivity index (χ4n) is 2.10. The topological polar surface area (TPSA) is 42.0 Å². The molecule has 18 heavy (non-hydrogen) atoms. The molecule has 0 atom stereocenters. The maximum atomic E-state index is 12.0. The molecule has 4 heteroatoms. The average molecular weight is 313 g/mol. The van der Waals surface area contributed by atoms with E-state index in [1.807, 2.05) is 0 Å². The molecule has 0 radical (unpaired) electrons. The third-order valence-electron chi connectivity index (χ3n) is 3.20. The van der Waals surface area contributed by atoms with Crippen LogP contribution in [0.3, 0.4) is 0 Å². The normalized spacial score (nSPS) is 11.3. The van der Waals surface area contributed by atoms with E-state index in [2.05, 4.69) is 53.9 Å². The maximum absolute atomic E-state index is 12.0. The van der Waals surface area contributed by atoms with Crippen LogP contribution in [0.25, 0.3) is 0 Å². The van der Waals surface area contributed by atoms with E-state index in [1.165, 1.54) is 0 Å². The smallest absolute Gasteiger partial charge is 0.251 e. The number of carbonyl (C=O) groups is 1. The number of hydrogen-bond donors (Lipinski definition) is 1. The van der Waals surface area contributed by atoms with Gasteiger partial charge in [0.1, 0.15) is 4.60 Å². The van der Waals surface area contributed by atoms with Crippen molar-refractivity contribution >= 4 is 21.8 Å². The first-order chi connectivity index (χ1) is 8.41. The van der Waals surface area contributed by atoms with Crippen LogP contribution < -0.4 is 5.32 Å². The summed E-state index contributed by atoms with van der Waals surface area (Å²) in [5.74, 6) is 1.59. The second-order valence-electron chi connectivity index (χ2n) is 5.23. The van der Waals surface area contributed by atoms with Crippen molar-refractivity contribution in [2.45, 2.75) is 27.7 Å². The van der Waals surface area contributed by atoms with Gasteiger partial charge in [0.2, 0.25) is 0 Å². The first-order valence-corrected chi connectivity index (χ1v) is 7.11. The first kappa shape index (κ1) is 15.2. The lowest BCUT2D eigenvalue weighted by atomic mass is 9.85. The van der Waals surface area contributed by atoms with Crippen molar-refractivity contribution in [2.24, 2.45) is 17.8 Å². The number of halogens is 1. The lowest BCUT2D eigenvalue weighted by Crippen LogP contribution is -2.33. The molecule has 0 aliphatic heterocycles. The molecule has 0 unspecified atom stereocenters. The summed E-state index contributed by atoms with van der Waals surface area (Å²) < 4.78 is 0.680. The number of aromatic nitrogens is 1. The van der Waals surface area contributed by atoms with Crippen molar-refractivity contribution in [3.05, 3.63) is 28.5 Å². The molecule has 0 saturated heterocycles. The Balaban J connectivity index is 2.60. The molecule has 1 N–H and O–H groups in total. The van der Waals surface area contributed by atoms with Gasteiger partial charge >= 0.3 is 0 Å². The summed E-state index contributed by atoms with van der Waals surface area (Å²) in [5.41, 5.74) is 0.642. The van der Waals surface area contributed by atoms with Gasteiger partial charge in [0.15, 0.2) is 0 Å². The van der Waals surface area contributed by atoms with Gasteiger partial charge in [0.25, 0.3) is 5.91 Å². The van der Waals surface area contributed by atoms with E-state index in [0.29, 0.717) is 34.5 Å². The van der Waals surface area contributed by atoms with Crippen LogP contribution in [-0.2, 0) is 0 Å². The quantitative estimate of drug-likeness (QED) is 0.845. The Morgan fingerprint density at radius 2 is 1.94 bits per heavy atom. The van der Waals surface area contributed by atoms with Crippen LogP contribution in [-0.4, -0.2) is 17.4 Å². The Hall–Kier alpha value is -0.900. The number of carbonyl (C=O) groups excluding carboxylic acids is 1. The fourth-order valence-corrected chi connectivity index (χ4v) is 2.46. The second-order valence-corrected chi connectivity index (χ2v) is 6.04. The number of rotatable bonds is 5. The Morgan fingerprint density at radius 3 is 2.44 bits per heavy atom. The van der Waals surface area contributed by atoms with Crippen LogP contribution in [0.5, 0.6) is 0 Å². The van der Waals surface area contributed by atoms with E-state index >= 15 is 0 Å². The minimum atomic E-state index is -0.0376. The summed E-state index contributed by atoms with van der Waals surface area (Å²) in [6, 6.07) is 3.45. The van der Waals surface area contributed by atoms with Gasteiger partial charge in [0, 0.05) is 18.3 Å². The van der Waals surface area contributed by atoms with Crippen LogP contribution in [0.15, 0.2) is 22.9 Å². The molecule has 0 aromatic carbocycles. The zero-order valence-corrected chi connectivity index (χ0v) is 13.0. The molecular weight excluding hydrogens is 292 g/mol. The van der Waals surface area contributed by atoms with Crippen molar-refractivity contribution < 1.29 is 4.79 Å². The number of nitrogens with zero attached hydrogens (tertiary/aromatic N) is 1. The molecule has 100 valence electrons. The molecule has 3 nitrogen and oxygen atoms in total. The van der Waals surface area contributed by atoms with Gasteiger partial charge in [-0.25, -0.2) is 4.98 Å². The Kier molecular flexibility index (Phi) is 5.79. The number of amides is 1. The first-order valence-electron chi connectivity index (χ1n) is 6.31. The summed E-state index contributed by atoms with van der Waals surface area (Å²) in [6.07, 6.45) is 1.63. The highest BCUT2D eigenvalue weighted by Gasteiger charge is 2.18. The van der Waals surface area contributed by atoms with Gasteiger partial charge in [-0.1, -0.05) is 27.7 Å². The fraction of sp³-hybridized carbons (Fsp3) is 0.571. The van der Waals surface area contributed by atoms with E-state index in [4.69, 9.17) is 0 Å². The molecule has 0 aliphatic rings. The highest BCUT2D eigenvalue weighted by atomic mass is 79.9. The van der Waals surface area contributed by atoms with Crippen LogP contribution in [0, 0.1) is 17.8 Å². The molecule has 0 saturated carbocycles. The molecule has 0 spiro atoms. The Bertz CT molecular complexity index is 397. The third-order valence-corrected chi connectivity index (χ3v) is 3.63. The van der Waals surface area contributed by atoms with E-state index in [9.17, 15) is 4.79 Å². The lowest BCUT2D eigenvalue weighted by molar-refractivity contribution is 0.0937. The number of nitrogens with one attached hydrogen (secondary N) is 1. The Labute approximate surface area is 118 Å². The molecule has 0 bridgehead atoms. The maximum Gasteiger partial charge on any atom is 0.251 e. The zero-order valence-electron chi connectivity index (χ0n) is 11.4. The standard InChI is InChI=1S/C14H21BrN2O/c1-9(2)12(10(3)4)8-17-14(18)11-5-6-16-13(15)7-11/h5-7,9-10,12H,8H2,1-4H3,(H,17,18). The highest BCUT2D eigenvalue weighted by molar-refractivity contribution is 9.10. The minimum absolute atomic E-state index is 0.0376. The van der Waals surface area contributed by atoms with Gasteiger partial charge in [-0.05, 0) is 45.8 Å². The summed E-state index contributed by atoms with van der Waals surface area (Å²) in [5, 5.41) is 3.00. The molecule has 1 aromatic heterocycles. The molecule has 0 fully saturated rings. The van der Waals surface area contributed by atoms with E-state index in [0.717, 1.165) is 0 Å². The van der Waals surface area contributed by atoms with Gasteiger partial charge in [-0.3, -0.25) is 4.79 Å². The van der Waals surface area contributed by atoms with Crippen molar-refractivity contribution in [1.82, 2.24) is 10.3 Å². The number of hydrogen-bond acceptors (Lipinski definition) is 2. The predicted octanol–water partition coefficient (Wildman–Crippen LogP) is 3.50. The van der Waals surface area contributed by atoms with Gasteiger partial charge in [-0.2, -0.15) is 0 Å². The summed E-state index contributed by atoms with van der Waals surface area (Å²) in [7, 11) is 0.